The van der Waals surface area contributed by atoms with E-state index in [0.717, 1.165) is 23.9 Å². The van der Waals surface area contributed by atoms with Gasteiger partial charge in [-0.15, -0.1) is 0 Å². The van der Waals surface area contributed by atoms with Crippen LogP contribution in [0.5, 0.6) is 0 Å². The Labute approximate surface area is 83.8 Å². The summed E-state index contributed by atoms with van der Waals surface area (Å²) in [5, 5.41) is 10.3. The van der Waals surface area contributed by atoms with Gasteiger partial charge < -0.3 is 9.67 Å². The molecule has 0 saturated carbocycles. The lowest BCUT2D eigenvalue weighted by molar-refractivity contribution is 0.283. The van der Waals surface area contributed by atoms with Crippen molar-refractivity contribution in [3.8, 4) is 0 Å². The van der Waals surface area contributed by atoms with Crippen molar-refractivity contribution in [1.29, 1.82) is 0 Å². The molecular formula is C12H14NO. The summed E-state index contributed by atoms with van der Waals surface area (Å²) in [5.41, 5.74) is 2.18. The molecule has 0 atom stereocenters. The van der Waals surface area contributed by atoms with Gasteiger partial charge in [-0.2, -0.15) is 0 Å². The highest BCUT2D eigenvalue weighted by Crippen LogP contribution is 2.21. The van der Waals surface area contributed by atoms with Gasteiger partial charge in [-0.25, -0.2) is 0 Å². The topological polar surface area (TPSA) is 25.2 Å². The quantitative estimate of drug-likeness (QED) is 0.785. The van der Waals surface area contributed by atoms with Gasteiger partial charge in [0.1, 0.15) is 0 Å². The third kappa shape index (κ3) is 1.42. The third-order valence-corrected chi connectivity index (χ3v) is 2.44. The van der Waals surface area contributed by atoms with Crippen molar-refractivity contribution in [2.75, 3.05) is 0 Å². The molecule has 0 aliphatic carbocycles. The second-order valence-electron chi connectivity index (χ2n) is 3.45. The average molecular weight is 188 g/mol. The molecule has 1 heterocycles. The van der Waals surface area contributed by atoms with Crippen molar-refractivity contribution < 1.29 is 5.11 Å². The Balaban J connectivity index is 2.61. The second-order valence-corrected chi connectivity index (χ2v) is 3.45. The van der Waals surface area contributed by atoms with Crippen molar-refractivity contribution in [1.82, 2.24) is 4.57 Å². The van der Waals surface area contributed by atoms with E-state index in [2.05, 4.69) is 17.6 Å². The van der Waals surface area contributed by atoms with Crippen LogP contribution in [0.2, 0.25) is 0 Å². The molecule has 14 heavy (non-hydrogen) atoms. The fraction of sp³-hybridized carbons (Fsp3) is 0.333. The highest BCUT2D eigenvalue weighted by atomic mass is 16.3. The van der Waals surface area contributed by atoms with E-state index in [1.165, 1.54) is 5.52 Å². The molecule has 0 bridgehead atoms. The molecule has 0 saturated heterocycles. The maximum Gasteiger partial charge on any atom is 0.0702 e. The molecule has 2 nitrogen and oxygen atoms in total. The lowest BCUT2D eigenvalue weighted by Crippen LogP contribution is -1.93. The van der Waals surface area contributed by atoms with Crippen molar-refractivity contribution in [3.63, 3.8) is 0 Å². The number of benzene rings is 1. The van der Waals surface area contributed by atoms with Gasteiger partial charge in [0.15, 0.2) is 0 Å². The van der Waals surface area contributed by atoms with Crippen LogP contribution in [-0.4, -0.2) is 9.67 Å². The zero-order valence-electron chi connectivity index (χ0n) is 8.33. The van der Waals surface area contributed by atoms with Crippen LogP contribution >= 0.6 is 0 Å². The fourth-order valence-corrected chi connectivity index (χ4v) is 1.81. The van der Waals surface area contributed by atoms with Crippen LogP contribution in [-0.2, 0) is 13.2 Å². The Morgan fingerprint density at radius 1 is 1.50 bits per heavy atom. The predicted octanol–water partition coefficient (Wildman–Crippen LogP) is 2.34. The van der Waals surface area contributed by atoms with Crippen LogP contribution < -0.4 is 0 Å². The van der Waals surface area contributed by atoms with E-state index >= 15 is 0 Å². The number of hydrogen-bond acceptors (Lipinski definition) is 1. The molecule has 1 aromatic carbocycles. The van der Waals surface area contributed by atoms with E-state index < -0.39 is 0 Å². The van der Waals surface area contributed by atoms with E-state index in [9.17, 15) is 5.11 Å². The molecule has 73 valence electrons. The number of fused-ring (bicyclic) bond motifs is 1. The van der Waals surface area contributed by atoms with E-state index in [1.807, 2.05) is 24.4 Å². The number of nitrogens with zero attached hydrogens (tertiary/aromatic N) is 1. The Hall–Kier alpha value is -1.28. The molecule has 2 heteroatoms. The normalized spacial score (nSPS) is 11.0. The molecule has 0 spiro atoms. The van der Waals surface area contributed by atoms with Gasteiger partial charge >= 0.3 is 0 Å². The van der Waals surface area contributed by atoms with Gasteiger partial charge in [0.2, 0.25) is 0 Å². The van der Waals surface area contributed by atoms with Crippen LogP contribution in [0.3, 0.4) is 0 Å². The summed E-state index contributed by atoms with van der Waals surface area (Å²) >= 11 is 0. The number of rotatable bonds is 3. The molecule has 1 N–H and O–H groups in total. The SMILES string of the molecule is CCCn1cc(CO)c2c[c]ccc21. The Morgan fingerprint density at radius 2 is 2.36 bits per heavy atom. The zero-order chi connectivity index (χ0) is 9.97. The molecule has 0 amide bonds. The Morgan fingerprint density at radius 3 is 3.07 bits per heavy atom. The molecule has 1 radical (unpaired) electrons. The maximum atomic E-state index is 9.19. The lowest BCUT2D eigenvalue weighted by atomic mass is 10.2. The molecule has 0 unspecified atom stereocenters. The highest BCUT2D eigenvalue weighted by Gasteiger charge is 2.05. The second kappa shape index (κ2) is 3.84. The van der Waals surface area contributed by atoms with Gasteiger partial charge in [-0.05, 0) is 24.6 Å². The smallest absolute Gasteiger partial charge is 0.0702 e. The molecule has 2 aromatic rings. The number of aryl methyl sites for hydroxylation is 1. The minimum atomic E-state index is 0.102. The van der Waals surface area contributed by atoms with Gasteiger partial charge in [0.05, 0.1) is 6.61 Å². The summed E-state index contributed by atoms with van der Waals surface area (Å²) in [6.45, 7) is 3.26. The minimum Gasteiger partial charge on any atom is -0.392 e. The standard InChI is InChI=1S/C12H14NO/c1-2-7-13-8-10(9-14)11-5-3-4-6-12(11)13/h4-6,8,14H,2,7,9H2,1H3. The molecule has 1 aromatic heterocycles. The van der Waals surface area contributed by atoms with Crippen molar-refractivity contribution in [2.24, 2.45) is 0 Å². The van der Waals surface area contributed by atoms with Gasteiger partial charge in [-0.1, -0.05) is 13.0 Å². The van der Waals surface area contributed by atoms with Crippen LogP contribution in [0, 0.1) is 6.07 Å². The lowest BCUT2D eigenvalue weighted by Gasteiger charge is -2.00. The molecule has 0 aliphatic heterocycles. The van der Waals surface area contributed by atoms with E-state index in [0.29, 0.717) is 0 Å². The zero-order valence-corrected chi connectivity index (χ0v) is 8.33. The first-order valence-electron chi connectivity index (χ1n) is 4.95. The first-order chi connectivity index (χ1) is 6.86. The van der Waals surface area contributed by atoms with Crippen LogP contribution in [0.15, 0.2) is 24.4 Å². The molecule has 2 rings (SSSR count). The van der Waals surface area contributed by atoms with Crippen LogP contribution in [0.1, 0.15) is 18.9 Å². The Kier molecular flexibility index (Phi) is 2.55. The maximum absolute atomic E-state index is 9.19. The number of hydrogen-bond donors (Lipinski definition) is 1. The minimum absolute atomic E-state index is 0.102. The summed E-state index contributed by atoms with van der Waals surface area (Å²) < 4.78 is 2.19. The monoisotopic (exact) mass is 188 g/mol. The van der Waals surface area contributed by atoms with E-state index in [-0.39, 0.29) is 6.61 Å². The fourth-order valence-electron chi connectivity index (χ4n) is 1.81. The largest absolute Gasteiger partial charge is 0.392 e. The molecule has 0 fully saturated rings. The number of aliphatic hydroxyl groups is 1. The van der Waals surface area contributed by atoms with Crippen molar-refractivity contribution >= 4 is 10.9 Å². The van der Waals surface area contributed by atoms with Gasteiger partial charge in [0, 0.05) is 29.2 Å². The van der Waals surface area contributed by atoms with Gasteiger partial charge in [-0.3, -0.25) is 0 Å². The molecular weight excluding hydrogens is 174 g/mol. The Bertz CT molecular complexity index is 431. The first-order valence-corrected chi connectivity index (χ1v) is 4.95. The van der Waals surface area contributed by atoms with Crippen molar-refractivity contribution in [3.05, 3.63) is 36.0 Å². The highest BCUT2D eigenvalue weighted by molar-refractivity contribution is 5.83. The van der Waals surface area contributed by atoms with Crippen LogP contribution in [0.4, 0.5) is 0 Å². The van der Waals surface area contributed by atoms with Crippen molar-refractivity contribution in [2.45, 2.75) is 26.5 Å². The third-order valence-electron chi connectivity index (χ3n) is 2.44. The number of aliphatic hydroxyl groups excluding tert-OH is 1. The summed E-state index contributed by atoms with van der Waals surface area (Å²) in [7, 11) is 0. The van der Waals surface area contributed by atoms with E-state index in [1.54, 1.807) is 0 Å². The van der Waals surface area contributed by atoms with E-state index in [4.69, 9.17) is 0 Å². The summed E-state index contributed by atoms with van der Waals surface area (Å²) in [6, 6.07) is 8.94. The number of aromatic nitrogens is 1. The summed E-state index contributed by atoms with van der Waals surface area (Å²) in [4.78, 5) is 0. The first kappa shape index (κ1) is 9.28. The van der Waals surface area contributed by atoms with Gasteiger partial charge in [0.25, 0.3) is 0 Å². The molecule has 0 aliphatic rings. The van der Waals surface area contributed by atoms with Crippen LogP contribution in [0.25, 0.3) is 10.9 Å². The summed E-state index contributed by atoms with van der Waals surface area (Å²) in [5.74, 6) is 0. The summed E-state index contributed by atoms with van der Waals surface area (Å²) in [6.07, 6.45) is 3.13. The average Bonchev–Trinajstić information content (AvgIpc) is 2.58. The predicted molar refractivity (Wildman–Crippen MR) is 57.0 cm³/mol.